The fourth-order valence-electron chi connectivity index (χ4n) is 5.46. The Hall–Kier alpha value is -2.46. The summed E-state index contributed by atoms with van der Waals surface area (Å²) in [5.74, 6) is -1.16. The molecule has 1 heterocycles. The van der Waals surface area contributed by atoms with Gasteiger partial charge in [-0.15, -0.1) is 0 Å². The molecular formula is C33H55NO8. The number of amides is 1. The average molecular weight is 594 g/mol. The number of carbonyl (C=O) groups excluding carboxylic acids is 2. The van der Waals surface area contributed by atoms with Crippen LogP contribution in [0, 0.1) is 35.5 Å². The van der Waals surface area contributed by atoms with Crippen molar-refractivity contribution in [3.05, 3.63) is 49.1 Å². The van der Waals surface area contributed by atoms with Crippen LogP contribution in [0.3, 0.4) is 0 Å². The van der Waals surface area contributed by atoms with Crippen LogP contribution in [-0.2, 0) is 23.7 Å². The van der Waals surface area contributed by atoms with Crippen molar-refractivity contribution in [2.24, 2.45) is 41.2 Å². The molecule has 4 N–H and O–H groups in total. The number of allylic oxidation sites excluding steroid dienone is 4. The monoisotopic (exact) mass is 593 g/mol. The molecule has 0 bridgehead atoms. The number of cyclic esters (lactones) is 1. The van der Waals surface area contributed by atoms with Crippen LogP contribution in [-0.4, -0.2) is 66.7 Å². The zero-order chi connectivity index (χ0) is 31.8. The molecule has 9 nitrogen and oxygen atoms in total. The molecule has 1 aliphatic heterocycles. The predicted octanol–water partition coefficient (Wildman–Crippen LogP) is 5.32. The second-order valence-electron chi connectivity index (χ2n) is 11.7. The van der Waals surface area contributed by atoms with Gasteiger partial charge in [-0.05, 0) is 32.6 Å². The molecule has 1 unspecified atom stereocenters. The van der Waals surface area contributed by atoms with Crippen molar-refractivity contribution in [2.45, 2.75) is 97.7 Å². The molecule has 0 aromatic rings. The number of primary amides is 1. The van der Waals surface area contributed by atoms with E-state index >= 15 is 0 Å². The molecule has 1 rings (SSSR count). The summed E-state index contributed by atoms with van der Waals surface area (Å²) in [6.07, 6.45) is 12.5. The smallest absolute Gasteiger partial charge is 0.404 e. The fourth-order valence-corrected chi connectivity index (χ4v) is 5.46. The molecule has 0 aromatic carbocycles. The Morgan fingerprint density at radius 3 is 2.24 bits per heavy atom. The number of carbonyl (C=O) groups is 2. The topological polar surface area (TPSA) is 138 Å². The van der Waals surface area contributed by atoms with E-state index in [1.807, 2.05) is 71.9 Å². The van der Waals surface area contributed by atoms with E-state index in [2.05, 4.69) is 6.58 Å². The third-order valence-electron chi connectivity index (χ3n) is 8.27. The normalized spacial score (nSPS) is 26.5. The third kappa shape index (κ3) is 12.4. The molecule has 240 valence electrons. The minimum absolute atomic E-state index is 0.0509. The highest BCUT2D eigenvalue weighted by Gasteiger charge is 2.41. The van der Waals surface area contributed by atoms with Gasteiger partial charge in [0.2, 0.25) is 0 Å². The molecule has 42 heavy (non-hydrogen) atoms. The van der Waals surface area contributed by atoms with E-state index < -0.39 is 24.4 Å². The van der Waals surface area contributed by atoms with Crippen molar-refractivity contribution in [3.63, 3.8) is 0 Å². The Labute approximate surface area is 252 Å². The second-order valence-corrected chi connectivity index (χ2v) is 11.7. The molecule has 1 amide bonds. The first kappa shape index (κ1) is 37.6. The number of nitrogens with two attached hydrogens (primary N) is 1. The summed E-state index contributed by atoms with van der Waals surface area (Å²) in [7, 11) is 1.56. The number of methoxy groups -OCH3 is 1. The lowest BCUT2D eigenvalue weighted by molar-refractivity contribution is -0.194. The fraction of sp³-hybridized carbons (Fsp3) is 0.697. The van der Waals surface area contributed by atoms with E-state index in [0.717, 1.165) is 0 Å². The quantitative estimate of drug-likeness (QED) is 0.0792. The van der Waals surface area contributed by atoms with E-state index in [4.69, 9.17) is 24.7 Å². The number of aliphatic hydroxyl groups is 2. The Balaban J connectivity index is 2.55. The Morgan fingerprint density at radius 2 is 1.67 bits per heavy atom. The summed E-state index contributed by atoms with van der Waals surface area (Å²) in [4.78, 5) is 23.7. The molecule has 0 aromatic heterocycles. The lowest BCUT2D eigenvalue weighted by atomic mass is 9.84. The summed E-state index contributed by atoms with van der Waals surface area (Å²) in [5.41, 5.74) is 5.26. The third-order valence-corrected chi connectivity index (χ3v) is 8.27. The van der Waals surface area contributed by atoms with Gasteiger partial charge in [-0.2, -0.15) is 0 Å². The van der Waals surface area contributed by atoms with Gasteiger partial charge in [0.15, 0.2) is 0 Å². The number of esters is 1. The highest BCUT2D eigenvalue weighted by Crippen LogP contribution is 2.31. The van der Waals surface area contributed by atoms with Gasteiger partial charge in [0.05, 0.1) is 24.2 Å². The first-order valence-corrected chi connectivity index (χ1v) is 15.1. The number of aliphatic hydroxyl groups excluding tert-OH is 2. The van der Waals surface area contributed by atoms with Crippen molar-refractivity contribution >= 4 is 12.1 Å². The van der Waals surface area contributed by atoms with Crippen LogP contribution < -0.4 is 5.73 Å². The van der Waals surface area contributed by atoms with Gasteiger partial charge < -0.3 is 34.9 Å². The lowest BCUT2D eigenvalue weighted by Gasteiger charge is -2.38. The molecular weight excluding hydrogens is 538 g/mol. The van der Waals surface area contributed by atoms with Gasteiger partial charge in [-0.1, -0.05) is 83.7 Å². The van der Waals surface area contributed by atoms with Gasteiger partial charge in [0.25, 0.3) is 0 Å². The van der Waals surface area contributed by atoms with Crippen LogP contribution in [0.15, 0.2) is 49.1 Å². The van der Waals surface area contributed by atoms with E-state index in [0.29, 0.717) is 25.7 Å². The van der Waals surface area contributed by atoms with Gasteiger partial charge in [0.1, 0.15) is 19.0 Å². The zero-order valence-electron chi connectivity index (χ0n) is 26.6. The highest BCUT2D eigenvalue weighted by atomic mass is 16.7. The Morgan fingerprint density at radius 1 is 1.05 bits per heavy atom. The highest BCUT2D eigenvalue weighted by molar-refractivity contribution is 5.73. The van der Waals surface area contributed by atoms with Crippen molar-refractivity contribution < 1.29 is 38.7 Å². The molecule has 1 saturated heterocycles. The molecule has 1 aliphatic rings. The number of hydrogen-bond donors (Lipinski definition) is 3. The van der Waals surface area contributed by atoms with Crippen molar-refractivity contribution in [2.75, 3.05) is 13.9 Å². The standard InChI is InChI=1S/C33H55NO8/c1-9-10-15-23(4)30(42-33(34)38)24(5)27(35)18-13-11-16-21(2)29(36)22(3)17-12-14-19-28-25(6)31(40-20-39-8)26(7)32(37)41-28/h9-12,15-17,21-31,35-36H,1,13-14,18-20H2,2-8H3,(H2,34,38)/b15-10-,16-11-,17-12-/t21?,22-,23-,24-,25+,26+,27+,28-,29+,30-,31-/m0/s1. The van der Waals surface area contributed by atoms with Crippen molar-refractivity contribution in [1.29, 1.82) is 0 Å². The van der Waals surface area contributed by atoms with E-state index in [1.165, 1.54) is 0 Å². The number of ether oxygens (including phenoxy) is 4. The van der Waals surface area contributed by atoms with Crippen LogP contribution in [0.25, 0.3) is 0 Å². The molecule has 0 spiro atoms. The average Bonchev–Trinajstić information content (AvgIpc) is 2.96. The Bertz CT molecular complexity index is 902. The number of rotatable bonds is 19. The van der Waals surface area contributed by atoms with Gasteiger partial charge in [-0.3, -0.25) is 4.79 Å². The summed E-state index contributed by atoms with van der Waals surface area (Å²) >= 11 is 0. The first-order chi connectivity index (χ1) is 19.8. The SMILES string of the molecule is C=C/C=C\[C@H](C)[C@H](OC(N)=O)[C@@H](C)[C@H](O)CC/C=C\C(C)[C@@H](O)[C@@H](C)/C=C\CC[C@@H]1OC(=O)[C@H](C)[C@@H](OCOC)[C@@H]1C. The summed E-state index contributed by atoms with van der Waals surface area (Å²) in [5, 5.41) is 21.6. The maximum atomic E-state index is 12.3. The van der Waals surface area contributed by atoms with Crippen LogP contribution in [0.2, 0.25) is 0 Å². The lowest BCUT2D eigenvalue weighted by Crippen LogP contribution is -2.48. The summed E-state index contributed by atoms with van der Waals surface area (Å²) < 4.78 is 21.7. The summed E-state index contributed by atoms with van der Waals surface area (Å²) in [6.45, 7) is 15.3. The van der Waals surface area contributed by atoms with E-state index in [-0.39, 0.29) is 60.5 Å². The van der Waals surface area contributed by atoms with Crippen LogP contribution in [0.1, 0.15) is 67.2 Å². The van der Waals surface area contributed by atoms with Crippen molar-refractivity contribution in [1.82, 2.24) is 0 Å². The minimum Gasteiger partial charge on any atom is -0.462 e. The summed E-state index contributed by atoms with van der Waals surface area (Å²) in [6, 6.07) is 0. The van der Waals surface area contributed by atoms with Gasteiger partial charge in [-0.25, -0.2) is 4.79 Å². The largest absolute Gasteiger partial charge is 0.462 e. The Kier molecular flexibility index (Phi) is 17.6. The molecule has 0 saturated carbocycles. The molecule has 0 aliphatic carbocycles. The number of hydrogen-bond acceptors (Lipinski definition) is 8. The van der Waals surface area contributed by atoms with Crippen LogP contribution >= 0.6 is 0 Å². The minimum atomic E-state index is -0.869. The predicted molar refractivity (Wildman–Crippen MR) is 164 cm³/mol. The molecule has 9 heteroatoms. The molecule has 0 radical (unpaired) electrons. The van der Waals surface area contributed by atoms with Crippen LogP contribution in [0.5, 0.6) is 0 Å². The molecule has 1 fully saturated rings. The maximum Gasteiger partial charge on any atom is 0.404 e. The zero-order valence-corrected chi connectivity index (χ0v) is 26.6. The molecule has 11 atom stereocenters. The van der Waals surface area contributed by atoms with Crippen molar-refractivity contribution in [3.8, 4) is 0 Å². The van der Waals surface area contributed by atoms with Gasteiger partial charge in [0, 0.05) is 36.7 Å². The van der Waals surface area contributed by atoms with E-state index in [1.54, 1.807) is 19.3 Å². The van der Waals surface area contributed by atoms with Gasteiger partial charge >= 0.3 is 12.1 Å². The van der Waals surface area contributed by atoms with Crippen LogP contribution in [0.4, 0.5) is 4.79 Å². The van der Waals surface area contributed by atoms with E-state index in [9.17, 15) is 19.8 Å². The maximum absolute atomic E-state index is 12.3. The second kappa shape index (κ2) is 19.7. The first-order valence-electron chi connectivity index (χ1n) is 15.1.